The van der Waals surface area contributed by atoms with Crippen LogP contribution in [0.3, 0.4) is 0 Å². The van der Waals surface area contributed by atoms with Crippen molar-refractivity contribution in [3.8, 4) is 0 Å². The number of carboxylic acids is 2. The third-order valence-corrected chi connectivity index (χ3v) is 4.84. The number of hydrogen-bond acceptors (Lipinski definition) is 4. The molecule has 178 valence electrons. The third-order valence-electron chi connectivity index (χ3n) is 4.84. The highest BCUT2D eigenvalue weighted by atomic mass is 19.4. The fraction of sp³-hybridized carbons (Fsp3) is 0.318. The zero-order valence-electron chi connectivity index (χ0n) is 17.5. The molecule has 1 amide bonds. The van der Waals surface area contributed by atoms with E-state index in [-0.39, 0.29) is 11.1 Å². The highest BCUT2D eigenvalue weighted by molar-refractivity contribution is 6.05. The smallest absolute Gasteiger partial charge is 0.478 e. The van der Waals surface area contributed by atoms with Crippen LogP contribution < -0.4 is 10.2 Å². The second-order valence-corrected chi connectivity index (χ2v) is 7.47. The van der Waals surface area contributed by atoms with Crippen LogP contribution in [0, 0.1) is 11.7 Å². The summed E-state index contributed by atoms with van der Waals surface area (Å²) in [5.41, 5.74) is 1.01. The number of nitrogens with one attached hydrogen (secondary N) is 1. The maximum absolute atomic E-state index is 13.7. The first-order chi connectivity index (χ1) is 15.4. The van der Waals surface area contributed by atoms with Crippen LogP contribution in [0.15, 0.2) is 42.5 Å². The number of piperidine rings is 1. The molecule has 3 rings (SSSR count). The van der Waals surface area contributed by atoms with Crippen LogP contribution in [0.4, 0.5) is 28.9 Å². The van der Waals surface area contributed by atoms with Gasteiger partial charge in [0.05, 0.1) is 16.8 Å². The van der Waals surface area contributed by atoms with E-state index in [0.29, 0.717) is 17.3 Å². The molecule has 1 unspecified atom stereocenters. The summed E-state index contributed by atoms with van der Waals surface area (Å²) in [4.78, 5) is 34.9. The monoisotopic (exact) mass is 470 g/mol. The SMILES string of the molecule is CC1CCCN(c2ccc(NC(=O)c3ccccc3F)cc2C(=O)O)C1.O=C(O)C(F)(F)F. The van der Waals surface area contributed by atoms with Crippen LogP contribution in [0.5, 0.6) is 0 Å². The molecule has 1 saturated heterocycles. The van der Waals surface area contributed by atoms with Gasteiger partial charge in [-0.2, -0.15) is 13.2 Å². The number of carbonyl (C=O) groups is 3. The van der Waals surface area contributed by atoms with Crippen molar-refractivity contribution >= 4 is 29.2 Å². The first-order valence-electron chi connectivity index (χ1n) is 9.88. The summed E-state index contributed by atoms with van der Waals surface area (Å²) in [5.74, 6) is -4.54. The molecule has 2 aromatic rings. The van der Waals surface area contributed by atoms with E-state index < -0.39 is 29.8 Å². The number of anilines is 2. The first-order valence-corrected chi connectivity index (χ1v) is 9.88. The molecule has 7 nitrogen and oxygen atoms in total. The first kappa shape index (κ1) is 25.6. The van der Waals surface area contributed by atoms with Crippen LogP contribution in [0.1, 0.15) is 40.5 Å². The number of aliphatic carboxylic acids is 1. The second-order valence-electron chi connectivity index (χ2n) is 7.47. The minimum atomic E-state index is -5.08. The van der Waals surface area contributed by atoms with Crippen molar-refractivity contribution in [3.05, 3.63) is 59.4 Å². The molecule has 0 bridgehead atoms. The molecule has 1 atom stereocenters. The van der Waals surface area contributed by atoms with Gasteiger partial charge in [0.1, 0.15) is 5.82 Å². The molecule has 33 heavy (non-hydrogen) atoms. The van der Waals surface area contributed by atoms with Crippen molar-refractivity contribution in [2.24, 2.45) is 5.92 Å². The van der Waals surface area contributed by atoms with Crippen LogP contribution in [0.2, 0.25) is 0 Å². The van der Waals surface area contributed by atoms with Gasteiger partial charge in [0.2, 0.25) is 0 Å². The average Bonchev–Trinajstić information content (AvgIpc) is 2.73. The molecule has 0 saturated carbocycles. The molecule has 1 heterocycles. The van der Waals surface area contributed by atoms with E-state index in [4.69, 9.17) is 9.90 Å². The third kappa shape index (κ3) is 7.19. The van der Waals surface area contributed by atoms with E-state index in [0.717, 1.165) is 25.9 Å². The minimum Gasteiger partial charge on any atom is -0.478 e. The van der Waals surface area contributed by atoms with Gasteiger partial charge in [-0.1, -0.05) is 19.1 Å². The van der Waals surface area contributed by atoms with E-state index in [1.165, 1.54) is 24.3 Å². The number of aromatic carboxylic acids is 1. The molecule has 11 heteroatoms. The number of benzene rings is 2. The van der Waals surface area contributed by atoms with Crippen molar-refractivity contribution in [1.29, 1.82) is 0 Å². The lowest BCUT2D eigenvalue weighted by molar-refractivity contribution is -0.192. The van der Waals surface area contributed by atoms with Gasteiger partial charge in [-0.15, -0.1) is 0 Å². The van der Waals surface area contributed by atoms with Gasteiger partial charge in [-0.05, 0) is 49.1 Å². The summed E-state index contributed by atoms with van der Waals surface area (Å²) in [5, 5.41) is 19.3. The van der Waals surface area contributed by atoms with Gasteiger partial charge < -0.3 is 20.4 Å². The molecule has 2 aromatic carbocycles. The molecule has 3 N–H and O–H groups in total. The Hall–Kier alpha value is -3.63. The molecular formula is C22H22F4N2O5. The maximum atomic E-state index is 13.7. The van der Waals surface area contributed by atoms with Gasteiger partial charge in [0, 0.05) is 18.8 Å². The Labute approximate surface area is 186 Å². The Morgan fingerprint density at radius 3 is 2.24 bits per heavy atom. The number of rotatable bonds is 4. The highest BCUT2D eigenvalue weighted by Crippen LogP contribution is 2.29. The van der Waals surface area contributed by atoms with E-state index in [1.807, 2.05) is 0 Å². The van der Waals surface area contributed by atoms with Crippen LogP contribution in [-0.4, -0.2) is 47.3 Å². The summed E-state index contributed by atoms with van der Waals surface area (Å²) in [6.45, 7) is 3.77. The topological polar surface area (TPSA) is 107 Å². The van der Waals surface area contributed by atoms with Gasteiger partial charge in [-0.3, -0.25) is 4.79 Å². The van der Waals surface area contributed by atoms with Gasteiger partial charge in [0.25, 0.3) is 5.91 Å². The molecule has 0 spiro atoms. The molecular weight excluding hydrogens is 448 g/mol. The molecule has 1 fully saturated rings. The van der Waals surface area contributed by atoms with Gasteiger partial charge in [-0.25, -0.2) is 14.0 Å². The number of carbonyl (C=O) groups excluding carboxylic acids is 1. The molecule has 0 radical (unpaired) electrons. The van der Waals surface area contributed by atoms with Crippen molar-refractivity contribution in [2.75, 3.05) is 23.3 Å². The summed E-state index contributed by atoms with van der Waals surface area (Å²) in [7, 11) is 0. The lowest BCUT2D eigenvalue weighted by Crippen LogP contribution is -2.35. The molecule has 0 aliphatic carbocycles. The summed E-state index contributed by atoms with van der Waals surface area (Å²) in [6.07, 6.45) is -2.93. The summed E-state index contributed by atoms with van der Waals surface area (Å²) < 4.78 is 45.5. The van der Waals surface area contributed by atoms with Crippen molar-refractivity contribution < 1.29 is 42.2 Å². The van der Waals surface area contributed by atoms with Crippen LogP contribution >= 0.6 is 0 Å². The average molecular weight is 470 g/mol. The van der Waals surface area contributed by atoms with E-state index >= 15 is 0 Å². The van der Waals surface area contributed by atoms with E-state index in [1.54, 1.807) is 18.2 Å². The summed E-state index contributed by atoms with van der Waals surface area (Å²) in [6, 6.07) is 10.4. The molecule has 1 aliphatic heterocycles. The van der Waals surface area contributed by atoms with Crippen LogP contribution in [-0.2, 0) is 4.79 Å². The largest absolute Gasteiger partial charge is 0.490 e. The van der Waals surface area contributed by atoms with Crippen LogP contribution in [0.25, 0.3) is 0 Å². The number of alkyl halides is 3. The predicted octanol–water partition coefficient (Wildman–Crippen LogP) is 4.65. The summed E-state index contributed by atoms with van der Waals surface area (Å²) >= 11 is 0. The van der Waals surface area contributed by atoms with Crippen molar-refractivity contribution in [2.45, 2.75) is 25.9 Å². The maximum Gasteiger partial charge on any atom is 0.490 e. The quantitative estimate of drug-likeness (QED) is 0.562. The fourth-order valence-electron chi connectivity index (χ4n) is 3.31. The Morgan fingerprint density at radius 1 is 1.06 bits per heavy atom. The Balaban J connectivity index is 0.000000479. The minimum absolute atomic E-state index is 0.0849. The Bertz CT molecular complexity index is 1030. The number of amides is 1. The normalized spacial score (nSPS) is 15.8. The Kier molecular flexibility index (Phi) is 8.38. The number of halogens is 4. The van der Waals surface area contributed by atoms with E-state index in [9.17, 15) is 32.3 Å². The lowest BCUT2D eigenvalue weighted by Gasteiger charge is -2.33. The standard InChI is InChI=1S/C20H21FN2O3.C2HF3O2/c1-13-5-4-10-23(12-13)18-9-8-14(11-16(18)20(25)26)22-19(24)15-6-2-3-7-17(15)21;3-2(4,5)1(6)7/h2-3,6-9,11,13H,4-5,10,12H2,1H3,(H,22,24)(H,25,26);(H,6,7). The molecule has 1 aliphatic rings. The zero-order chi connectivity index (χ0) is 24.8. The zero-order valence-corrected chi connectivity index (χ0v) is 17.5. The second kappa shape index (κ2) is 10.8. The predicted molar refractivity (Wildman–Crippen MR) is 112 cm³/mol. The molecule has 0 aromatic heterocycles. The van der Waals surface area contributed by atoms with Crippen molar-refractivity contribution in [3.63, 3.8) is 0 Å². The van der Waals surface area contributed by atoms with E-state index in [2.05, 4.69) is 17.1 Å². The van der Waals surface area contributed by atoms with Gasteiger partial charge >= 0.3 is 18.1 Å². The fourth-order valence-corrected chi connectivity index (χ4v) is 3.31. The highest BCUT2D eigenvalue weighted by Gasteiger charge is 2.38. The number of nitrogens with zero attached hydrogens (tertiary/aromatic N) is 1. The van der Waals surface area contributed by atoms with Crippen molar-refractivity contribution in [1.82, 2.24) is 0 Å². The lowest BCUT2D eigenvalue weighted by atomic mass is 9.98. The van der Waals surface area contributed by atoms with Gasteiger partial charge in [0.15, 0.2) is 0 Å². The Morgan fingerprint density at radius 2 is 1.70 bits per heavy atom. The number of carboxylic acid groups (broad SMARTS) is 2. The number of hydrogen-bond donors (Lipinski definition) is 3.